The summed E-state index contributed by atoms with van der Waals surface area (Å²) in [7, 11) is 0. The summed E-state index contributed by atoms with van der Waals surface area (Å²) in [6, 6.07) is 7.31. The molecule has 2 nitrogen and oxygen atoms in total. The van der Waals surface area contributed by atoms with Crippen LogP contribution in [-0.2, 0) is 5.88 Å². The number of alkyl halides is 1. The smallest absolute Gasteiger partial charge is 0.141 e. The van der Waals surface area contributed by atoms with Crippen LogP contribution in [0.5, 0.6) is 5.75 Å². The molecule has 2 rings (SSSR count). The van der Waals surface area contributed by atoms with Crippen LogP contribution in [0.15, 0.2) is 24.3 Å². The summed E-state index contributed by atoms with van der Waals surface area (Å²) in [4.78, 5) is 4.28. The summed E-state index contributed by atoms with van der Waals surface area (Å²) < 4.78 is 0. The molecule has 1 heterocycles. The van der Waals surface area contributed by atoms with Crippen LogP contribution in [0.2, 0.25) is 0 Å². The van der Waals surface area contributed by atoms with Gasteiger partial charge in [0, 0.05) is 17.0 Å². The first-order chi connectivity index (χ1) is 6.72. The standard InChI is InChI=1S/C11H10ClNO/c1-7-2-4-9-8(6-12)3-5-10(14)11(9)13-7/h2-5,14H,6H2,1H3. The Kier molecular flexibility index (Phi) is 2.30. The van der Waals surface area contributed by atoms with Crippen molar-refractivity contribution < 1.29 is 5.11 Å². The van der Waals surface area contributed by atoms with Gasteiger partial charge in [0.1, 0.15) is 11.3 Å². The van der Waals surface area contributed by atoms with Gasteiger partial charge in [-0.3, -0.25) is 0 Å². The first kappa shape index (κ1) is 9.28. The van der Waals surface area contributed by atoms with Crippen molar-refractivity contribution in [2.45, 2.75) is 12.8 Å². The third-order valence-electron chi connectivity index (χ3n) is 2.21. The molecule has 14 heavy (non-hydrogen) atoms. The van der Waals surface area contributed by atoms with Crippen molar-refractivity contribution in [1.82, 2.24) is 4.98 Å². The van der Waals surface area contributed by atoms with E-state index in [1.807, 2.05) is 25.1 Å². The van der Waals surface area contributed by atoms with Gasteiger partial charge < -0.3 is 5.11 Å². The van der Waals surface area contributed by atoms with Crippen LogP contribution in [0.25, 0.3) is 10.9 Å². The van der Waals surface area contributed by atoms with Gasteiger partial charge in [0.15, 0.2) is 0 Å². The van der Waals surface area contributed by atoms with E-state index in [-0.39, 0.29) is 5.75 Å². The zero-order valence-electron chi connectivity index (χ0n) is 7.79. The van der Waals surface area contributed by atoms with Crippen LogP contribution >= 0.6 is 11.6 Å². The van der Waals surface area contributed by atoms with E-state index in [0.717, 1.165) is 16.6 Å². The lowest BCUT2D eigenvalue weighted by Crippen LogP contribution is -1.87. The summed E-state index contributed by atoms with van der Waals surface area (Å²) >= 11 is 5.79. The number of phenolic OH excluding ortho intramolecular Hbond substituents is 1. The molecule has 0 bridgehead atoms. The van der Waals surface area contributed by atoms with E-state index in [4.69, 9.17) is 11.6 Å². The van der Waals surface area contributed by atoms with Crippen LogP contribution in [0.3, 0.4) is 0 Å². The van der Waals surface area contributed by atoms with Crippen molar-refractivity contribution in [3.8, 4) is 5.75 Å². The molecule has 0 saturated heterocycles. The Labute approximate surface area is 87.2 Å². The van der Waals surface area contributed by atoms with Gasteiger partial charge in [-0.05, 0) is 24.6 Å². The van der Waals surface area contributed by atoms with Crippen molar-refractivity contribution in [1.29, 1.82) is 0 Å². The van der Waals surface area contributed by atoms with Gasteiger partial charge in [0.2, 0.25) is 0 Å². The normalized spacial score (nSPS) is 10.7. The number of hydrogen-bond donors (Lipinski definition) is 1. The molecule has 72 valence electrons. The fraction of sp³-hybridized carbons (Fsp3) is 0.182. The van der Waals surface area contributed by atoms with Crippen LogP contribution in [0.4, 0.5) is 0 Å². The summed E-state index contributed by atoms with van der Waals surface area (Å²) in [6.45, 7) is 1.90. The average Bonchev–Trinajstić information content (AvgIpc) is 2.19. The minimum absolute atomic E-state index is 0.206. The fourth-order valence-corrected chi connectivity index (χ4v) is 1.71. The molecule has 0 amide bonds. The maximum absolute atomic E-state index is 9.61. The van der Waals surface area contributed by atoms with Crippen LogP contribution < -0.4 is 0 Å². The van der Waals surface area contributed by atoms with E-state index in [0.29, 0.717) is 11.4 Å². The van der Waals surface area contributed by atoms with Gasteiger partial charge in [0.25, 0.3) is 0 Å². The van der Waals surface area contributed by atoms with E-state index in [1.54, 1.807) is 6.07 Å². The molecule has 0 atom stereocenters. The van der Waals surface area contributed by atoms with E-state index in [9.17, 15) is 5.11 Å². The topological polar surface area (TPSA) is 33.1 Å². The highest BCUT2D eigenvalue weighted by atomic mass is 35.5. The van der Waals surface area contributed by atoms with E-state index < -0.39 is 0 Å². The number of aromatic nitrogens is 1. The maximum atomic E-state index is 9.61. The van der Waals surface area contributed by atoms with E-state index in [1.165, 1.54) is 0 Å². The molecular weight excluding hydrogens is 198 g/mol. The molecule has 0 unspecified atom stereocenters. The predicted molar refractivity (Wildman–Crippen MR) is 57.7 cm³/mol. The van der Waals surface area contributed by atoms with Crippen molar-refractivity contribution in [3.05, 3.63) is 35.5 Å². The molecule has 0 aliphatic rings. The second kappa shape index (κ2) is 3.46. The van der Waals surface area contributed by atoms with Crippen LogP contribution in [0.1, 0.15) is 11.3 Å². The molecule has 0 radical (unpaired) electrons. The minimum atomic E-state index is 0.206. The zero-order valence-corrected chi connectivity index (χ0v) is 8.54. The Balaban J connectivity index is 2.84. The number of aromatic hydroxyl groups is 1. The lowest BCUT2D eigenvalue weighted by molar-refractivity contribution is 0.480. The third-order valence-corrected chi connectivity index (χ3v) is 2.50. The molecule has 0 saturated carbocycles. The summed E-state index contributed by atoms with van der Waals surface area (Å²) in [5.41, 5.74) is 2.51. The summed E-state index contributed by atoms with van der Waals surface area (Å²) in [6.07, 6.45) is 0. The summed E-state index contributed by atoms with van der Waals surface area (Å²) in [5.74, 6) is 0.638. The number of phenols is 1. The van der Waals surface area contributed by atoms with E-state index in [2.05, 4.69) is 4.98 Å². The highest BCUT2D eigenvalue weighted by Crippen LogP contribution is 2.26. The van der Waals surface area contributed by atoms with Gasteiger partial charge in [0.05, 0.1) is 0 Å². The van der Waals surface area contributed by atoms with Crippen LogP contribution in [0, 0.1) is 6.92 Å². The average molecular weight is 208 g/mol. The Bertz CT molecular complexity index is 482. The van der Waals surface area contributed by atoms with Gasteiger partial charge in [-0.1, -0.05) is 12.1 Å². The monoisotopic (exact) mass is 207 g/mol. The number of aryl methyl sites for hydroxylation is 1. The molecule has 1 N–H and O–H groups in total. The molecule has 1 aromatic heterocycles. The van der Waals surface area contributed by atoms with Crippen molar-refractivity contribution in [2.24, 2.45) is 0 Å². The molecule has 0 aliphatic heterocycles. The Hall–Kier alpha value is -1.28. The molecule has 2 aromatic rings. The number of rotatable bonds is 1. The fourth-order valence-electron chi connectivity index (χ4n) is 1.48. The number of pyridine rings is 1. The highest BCUT2D eigenvalue weighted by Gasteiger charge is 2.05. The predicted octanol–water partition coefficient (Wildman–Crippen LogP) is 2.99. The Morgan fingerprint density at radius 2 is 2.07 bits per heavy atom. The minimum Gasteiger partial charge on any atom is -0.506 e. The third kappa shape index (κ3) is 1.42. The second-order valence-corrected chi connectivity index (χ2v) is 3.49. The summed E-state index contributed by atoms with van der Waals surface area (Å²) in [5, 5.41) is 10.5. The molecule has 0 aliphatic carbocycles. The van der Waals surface area contributed by atoms with Crippen molar-refractivity contribution in [2.75, 3.05) is 0 Å². The maximum Gasteiger partial charge on any atom is 0.141 e. The molecule has 0 fully saturated rings. The van der Waals surface area contributed by atoms with Gasteiger partial charge in [-0.15, -0.1) is 11.6 Å². The number of benzene rings is 1. The first-order valence-corrected chi connectivity index (χ1v) is 4.90. The second-order valence-electron chi connectivity index (χ2n) is 3.23. The number of hydrogen-bond acceptors (Lipinski definition) is 2. The first-order valence-electron chi connectivity index (χ1n) is 4.36. The van der Waals surface area contributed by atoms with Gasteiger partial charge >= 0.3 is 0 Å². The Morgan fingerprint density at radius 1 is 1.29 bits per heavy atom. The van der Waals surface area contributed by atoms with Crippen molar-refractivity contribution >= 4 is 22.5 Å². The lowest BCUT2D eigenvalue weighted by atomic mass is 10.1. The quantitative estimate of drug-likeness (QED) is 0.730. The molecule has 3 heteroatoms. The van der Waals surface area contributed by atoms with Gasteiger partial charge in [-0.2, -0.15) is 0 Å². The zero-order chi connectivity index (χ0) is 10.1. The van der Waals surface area contributed by atoms with Crippen molar-refractivity contribution in [3.63, 3.8) is 0 Å². The lowest BCUT2D eigenvalue weighted by Gasteiger charge is -2.05. The van der Waals surface area contributed by atoms with Crippen LogP contribution in [-0.4, -0.2) is 10.1 Å². The number of nitrogens with zero attached hydrogens (tertiary/aromatic N) is 1. The largest absolute Gasteiger partial charge is 0.506 e. The highest BCUT2D eigenvalue weighted by molar-refractivity contribution is 6.18. The molecule has 0 spiro atoms. The molecular formula is C11H10ClNO. The Morgan fingerprint density at radius 3 is 2.79 bits per heavy atom. The van der Waals surface area contributed by atoms with E-state index >= 15 is 0 Å². The number of halogens is 1. The molecule has 1 aromatic carbocycles. The number of fused-ring (bicyclic) bond motifs is 1. The van der Waals surface area contributed by atoms with Gasteiger partial charge in [-0.25, -0.2) is 4.98 Å². The SMILES string of the molecule is Cc1ccc2c(CCl)ccc(O)c2n1.